The van der Waals surface area contributed by atoms with Crippen molar-refractivity contribution >= 4 is 28.8 Å². The molecule has 0 radical (unpaired) electrons. The van der Waals surface area contributed by atoms with Gasteiger partial charge in [0.25, 0.3) is 0 Å². The minimum atomic E-state index is -0.355. The molecule has 0 saturated carbocycles. The lowest BCUT2D eigenvalue weighted by atomic mass is 10.2. The monoisotopic (exact) mass is 340 g/mol. The molecule has 0 bridgehead atoms. The third kappa shape index (κ3) is 4.53. The van der Waals surface area contributed by atoms with Gasteiger partial charge < -0.3 is 5.32 Å². The molecular weight excluding hydrogens is 323 g/mol. The molecule has 3 nitrogen and oxygen atoms in total. The molecule has 1 aromatic carbocycles. The van der Waals surface area contributed by atoms with Gasteiger partial charge in [-0.05, 0) is 37.6 Å². The predicted molar refractivity (Wildman–Crippen MR) is 88.6 cm³/mol. The summed E-state index contributed by atoms with van der Waals surface area (Å²) in [6, 6.07) is 8.49. The SMILES string of the molecule is C[C@H](NC(=O)CN(C)Cc1c(F)cccc1Cl)c1cccs1. The summed E-state index contributed by atoms with van der Waals surface area (Å²) in [6.07, 6.45) is 0. The summed E-state index contributed by atoms with van der Waals surface area (Å²) in [5.41, 5.74) is 0.408. The van der Waals surface area contributed by atoms with Gasteiger partial charge in [-0.1, -0.05) is 23.7 Å². The fourth-order valence-electron chi connectivity index (χ4n) is 2.15. The number of likely N-dealkylation sites (N-methyl/N-ethyl adjacent to an activating group) is 1. The first-order valence-electron chi connectivity index (χ1n) is 6.91. The van der Waals surface area contributed by atoms with Crippen molar-refractivity contribution in [2.75, 3.05) is 13.6 Å². The Morgan fingerprint density at radius 1 is 1.41 bits per heavy atom. The zero-order valence-electron chi connectivity index (χ0n) is 12.5. The summed E-state index contributed by atoms with van der Waals surface area (Å²) in [7, 11) is 1.76. The minimum Gasteiger partial charge on any atom is -0.348 e. The first-order valence-corrected chi connectivity index (χ1v) is 8.17. The topological polar surface area (TPSA) is 32.3 Å². The number of thiophene rings is 1. The number of halogens is 2. The van der Waals surface area contributed by atoms with E-state index in [-0.39, 0.29) is 30.9 Å². The molecule has 0 aliphatic rings. The van der Waals surface area contributed by atoms with Crippen LogP contribution >= 0.6 is 22.9 Å². The summed E-state index contributed by atoms with van der Waals surface area (Å²) in [6.45, 7) is 2.41. The fraction of sp³-hybridized carbons (Fsp3) is 0.312. The maximum Gasteiger partial charge on any atom is 0.234 e. The van der Waals surface area contributed by atoms with Crippen LogP contribution in [-0.4, -0.2) is 24.4 Å². The van der Waals surface area contributed by atoms with Crippen LogP contribution in [0.4, 0.5) is 4.39 Å². The van der Waals surface area contributed by atoms with E-state index < -0.39 is 0 Å². The van der Waals surface area contributed by atoms with Gasteiger partial charge in [0.05, 0.1) is 12.6 Å². The molecule has 118 valence electrons. The molecule has 1 heterocycles. The Morgan fingerprint density at radius 2 is 2.18 bits per heavy atom. The second-order valence-corrected chi connectivity index (χ2v) is 6.56. The molecule has 0 aliphatic carbocycles. The van der Waals surface area contributed by atoms with E-state index in [2.05, 4.69) is 5.32 Å². The molecule has 6 heteroatoms. The van der Waals surface area contributed by atoms with E-state index in [0.717, 1.165) is 4.88 Å². The van der Waals surface area contributed by atoms with Gasteiger partial charge in [0, 0.05) is 22.0 Å². The van der Waals surface area contributed by atoms with Crippen LogP contribution in [0, 0.1) is 5.82 Å². The number of benzene rings is 1. The van der Waals surface area contributed by atoms with Crippen molar-refractivity contribution in [2.45, 2.75) is 19.5 Å². The average Bonchev–Trinajstić information content (AvgIpc) is 2.97. The average molecular weight is 341 g/mol. The molecular formula is C16H18ClFN2OS. The van der Waals surface area contributed by atoms with E-state index in [1.165, 1.54) is 6.07 Å². The lowest BCUT2D eigenvalue weighted by Crippen LogP contribution is -2.36. The quantitative estimate of drug-likeness (QED) is 0.866. The lowest BCUT2D eigenvalue weighted by molar-refractivity contribution is -0.122. The zero-order valence-corrected chi connectivity index (χ0v) is 14.0. The van der Waals surface area contributed by atoms with E-state index in [9.17, 15) is 9.18 Å². The van der Waals surface area contributed by atoms with Crippen LogP contribution in [0.1, 0.15) is 23.4 Å². The van der Waals surface area contributed by atoms with Crippen LogP contribution in [0.15, 0.2) is 35.7 Å². The Balaban J connectivity index is 1.89. The molecule has 1 N–H and O–H groups in total. The molecule has 0 saturated heterocycles. The number of carbonyl (C=O) groups is 1. The van der Waals surface area contributed by atoms with Gasteiger partial charge in [-0.25, -0.2) is 4.39 Å². The maximum absolute atomic E-state index is 13.7. The fourth-order valence-corrected chi connectivity index (χ4v) is 3.11. The van der Waals surface area contributed by atoms with E-state index in [0.29, 0.717) is 10.6 Å². The van der Waals surface area contributed by atoms with Crippen molar-refractivity contribution in [3.63, 3.8) is 0 Å². The summed E-state index contributed by atoms with van der Waals surface area (Å²) >= 11 is 7.60. The first-order chi connectivity index (χ1) is 10.5. The highest BCUT2D eigenvalue weighted by atomic mass is 35.5. The summed E-state index contributed by atoms with van der Waals surface area (Å²) < 4.78 is 13.7. The molecule has 0 fully saturated rings. The van der Waals surface area contributed by atoms with Crippen LogP contribution in [-0.2, 0) is 11.3 Å². The molecule has 1 amide bonds. The molecule has 22 heavy (non-hydrogen) atoms. The molecule has 0 aliphatic heterocycles. The van der Waals surface area contributed by atoms with Crippen LogP contribution in [0.25, 0.3) is 0 Å². The highest BCUT2D eigenvalue weighted by Gasteiger charge is 2.14. The number of amides is 1. The summed E-state index contributed by atoms with van der Waals surface area (Å²) in [5, 5.41) is 5.28. The Hall–Kier alpha value is -1.43. The van der Waals surface area contributed by atoms with E-state index in [1.54, 1.807) is 35.4 Å². The number of nitrogens with one attached hydrogen (secondary N) is 1. The largest absolute Gasteiger partial charge is 0.348 e. The van der Waals surface area contributed by atoms with Crippen molar-refractivity contribution < 1.29 is 9.18 Å². The molecule has 2 rings (SSSR count). The Labute approximate surface area is 138 Å². The maximum atomic E-state index is 13.7. The van der Waals surface area contributed by atoms with Crippen LogP contribution in [0.3, 0.4) is 0 Å². The Morgan fingerprint density at radius 3 is 2.82 bits per heavy atom. The van der Waals surface area contributed by atoms with Gasteiger partial charge in [-0.15, -0.1) is 11.3 Å². The van der Waals surface area contributed by atoms with Gasteiger partial charge in [0.2, 0.25) is 5.91 Å². The molecule has 0 unspecified atom stereocenters. The van der Waals surface area contributed by atoms with Crippen molar-refractivity contribution in [2.24, 2.45) is 0 Å². The zero-order chi connectivity index (χ0) is 16.1. The van der Waals surface area contributed by atoms with Crippen LogP contribution in [0.5, 0.6) is 0 Å². The molecule has 1 atom stereocenters. The number of hydrogen-bond donors (Lipinski definition) is 1. The third-order valence-electron chi connectivity index (χ3n) is 3.25. The van der Waals surface area contributed by atoms with Crippen molar-refractivity contribution in [1.82, 2.24) is 10.2 Å². The normalized spacial score (nSPS) is 12.4. The standard InChI is InChI=1S/C16H18ClFN2OS/c1-11(15-7-4-8-22-15)19-16(21)10-20(2)9-12-13(17)5-3-6-14(12)18/h3-8,11H,9-10H2,1-2H3,(H,19,21)/t11-/m0/s1. The van der Waals surface area contributed by atoms with Crippen LogP contribution < -0.4 is 5.32 Å². The second kappa shape index (κ2) is 7.72. The molecule has 1 aromatic heterocycles. The number of hydrogen-bond acceptors (Lipinski definition) is 3. The van der Waals surface area contributed by atoms with E-state index in [1.807, 2.05) is 24.4 Å². The van der Waals surface area contributed by atoms with Crippen LogP contribution in [0.2, 0.25) is 5.02 Å². The highest BCUT2D eigenvalue weighted by Crippen LogP contribution is 2.20. The van der Waals surface area contributed by atoms with Crippen molar-refractivity contribution in [1.29, 1.82) is 0 Å². The van der Waals surface area contributed by atoms with Gasteiger partial charge in [0.1, 0.15) is 5.82 Å². The molecule has 2 aromatic rings. The summed E-state index contributed by atoms with van der Waals surface area (Å²) in [5.74, 6) is -0.456. The summed E-state index contributed by atoms with van der Waals surface area (Å²) in [4.78, 5) is 14.9. The smallest absolute Gasteiger partial charge is 0.234 e. The second-order valence-electron chi connectivity index (χ2n) is 5.18. The number of rotatable bonds is 6. The van der Waals surface area contributed by atoms with Crippen molar-refractivity contribution in [3.05, 3.63) is 57.0 Å². The molecule has 0 spiro atoms. The number of carbonyl (C=O) groups excluding carboxylic acids is 1. The third-order valence-corrected chi connectivity index (χ3v) is 4.66. The predicted octanol–water partition coefficient (Wildman–Crippen LogP) is 3.85. The van der Waals surface area contributed by atoms with Gasteiger partial charge in [-0.3, -0.25) is 9.69 Å². The van der Waals surface area contributed by atoms with Gasteiger partial charge in [-0.2, -0.15) is 0 Å². The Kier molecular flexibility index (Phi) is 5.94. The van der Waals surface area contributed by atoms with E-state index >= 15 is 0 Å². The van der Waals surface area contributed by atoms with Crippen molar-refractivity contribution in [3.8, 4) is 0 Å². The first kappa shape index (κ1) is 16.9. The lowest BCUT2D eigenvalue weighted by Gasteiger charge is -2.19. The van der Waals surface area contributed by atoms with Gasteiger partial charge in [0.15, 0.2) is 0 Å². The minimum absolute atomic E-state index is 0.0297. The Bertz CT molecular complexity index is 613. The number of nitrogens with zero attached hydrogens (tertiary/aromatic N) is 1. The van der Waals surface area contributed by atoms with Gasteiger partial charge >= 0.3 is 0 Å². The van der Waals surface area contributed by atoms with E-state index in [4.69, 9.17) is 11.6 Å². The highest BCUT2D eigenvalue weighted by molar-refractivity contribution is 7.10.